The Balaban J connectivity index is 3.04. The summed E-state index contributed by atoms with van der Waals surface area (Å²) in [6.07, 6.45) is 18.4. The molecule has 0 aromatic carbocycles. The van der Waals surface area contributed by atoms with Crippen molar-refractivity contribution >= 4 is 17.7 Å². The number of amides is 1. The number of halogens is 1. The van der Waals surface area contributed by atoms with E-state index in [-0.39, 0.29) is 4.58 Å². The monoisotopic (exact) mass is 319 g/mol. The number of unbranched alkanes of at least 4 members (excludes halogenated alkanes) is 13. The standard InChI is InChI=1S/C17H34ClNO2/c1-2-3-4-5-6-7-8-9-10-11-12-13-14-15-16-17(20)19(18)21/h21H,2-16H2,1H3. The number of hydrogen-bond donors (Lipinski definition) is 1. The number of carbonyl (C=O) groups is 1. The molecule has 0 aromatic rings. The van der Waals surface area contributed by atoms with Gasteiger partial charge in [0.1, 0.15) is 0 Å². The normalized spacial score (nSPS) is 10.8. The maximum absolute atomic E-state index is 11.0. The molecule has 0 atom stereocenters. The minimum Gasteiger partial charge on any atom is -0.271 e. The van der Waals surface area contributed by atoms with Crippen LogP contribution in [0.25, 0.3) is 0 Å². The Morgan fingerprint density at radius 3 is 1.43 bits per heavy atom. The quantitative estimate of drug-likeness (QED) is 0.168. The molecule has 3 nitrogen and oxygen atoms in total. The molecule has 1 amide bonds. The summed E-state index contributed by atoms with van der Waals surface area (Å²) in [5.41, 5.74) is 0. The third kappa shape index (κ3) is 15.9. The predicted octanol–water partition coefficient (Wildman–Crippen LogP) is 6.23. The van der Waals surface area contributed by atoms with Crippen molar-refractivity contribution in [2.45, 2.75) is 103 Å². The van der Waals surface area contributed by atoms with E-state index in [2.05, 4.69) is 6.92 Å². The van der Waals surface area contributed by atoms with Gasteiger partial charge in [-0.3, -0.25) is 10.0 Å². The SMILES string of the molecule is CCCCCCCCCCCCCCCCC(=O)N(O)Cl. The Labute approximate surface area is 136 Å². The second-order valence-electron chi connectivity index (χ2n) is 6.00. The highest BCUT2D eigenvalue weighted by molar-refractivity contribution is 6.19. The largest absolute Gasteiger partial charge is 0.271 e. The van der Waals surface area contributed by atoms with Crippen LogP contribution in [0.4, 0.5) is 0 Å². The van der Waals surface area contributed by atoms with Gasteiger partial charge in [0.15, 0.2) is 0 Å². The van der Waals surface area contributed by atoms with Crippen molar-refractivity contribution in [3.8, 4) is 0 Å². The maximum Gasteiger partial charge on any atom is 0.261 e. The highest BCUT2D eigenvalue weighted by Crippen LogP contribution is 2.13. The fourth-order valence-electron chi connectivity index (χ4n) is 2.56. The van der Waals surface area contributed by atoms with E-state index in [0.29, 0.717) is 6.42 Å². The first-order valence-corrected chi connectivity index (χ1v) is 9.20. The summed E-state index contributed by atoms with van der Waals surface area (Å²) in [5, 5.41) is 8.67. The van der Waals surface area contributed by atoms with Crippen LogP contribution < -0.4 is 0 Å². The average Bonchev–Trinajstić information content (AvgIpc) is 2.47. The van der Waals surface area contributed by atoms with Gasteiger partial charge in [0.2, 0.25) is 0 Å². The lowest BCUT2D eigenvalue weighted by atomic mass is 10.0. The molecule has 4 heteroatoms. The molecule has 0 saturated heterocycles. The van der Waals surface area contributed by atoms with Gasteiger partial charge in [-0.1, -0.05) is 90.4 Å². The molecular formula is C17H34ClNO2. The molecule has 21 heavy (non-hydrogen) atoms. The van der Waals surface area contributed by atoms with Crippen molar-refractivity contribution < 1.29 is 10.0 Å². The fraction of sp³-hybridized carbons (Fsp3) is 0.941. The van der Waals surface area contributed by atoms with Crippen LogP contribution in [-0.2, 0) is 4.79 Å². The van der Waals surface area contributed by atoms with Crippen molar-refractivity contribution in [2.24, 2.45) is 0 Å². The van der Waals surface area contributed by atoms with Crippen molar-refractivity contribution in [1.29, 1.82) is 0 Å². The third-order valence-electron chi connectivity index (χ3n) is 3.95. The lowest BCUT2D eigenvalue weighted by molar-refractivity contribution is -0.146. The summed E-state index contributed by atoms with van der Waals surface area (Å²) in [6, 6.07) is 0. The zero-order valence-electron chi connectivity index (χ0n) is 13.8. The zero-order chi connectivity index (χ0) is 15.8. The topological polar surface area (TPSA) is 40.5 Å². The van der Waals surface area contributed by atoms with Crippen LogP contribution in [0.3, 0.4) is 0 Å². The van der Waals surface area contributed by atoms with Gasteiger partial charge in [-0.05, 0) is 6.42 Å². The first-order valence-electron chi connectivity index (χ1n) is 8.86. The van der Waals surface area contributed by atoms with Gasteiger partial charge in [-0.25, -0.2) is 0 Å². The van der Waals surface area contributed by atoms with E-state index in [1.54, 1.807) is 0 Å². The van der Waals surface area contributed by atoms with Crippen molar-refractivity contribution in [3.05, 3.63) is 0 Å². The smallest absolute Gasteiger partial charge is 0.261 e. The summed E-state index contributed by atoms with van der Waals surface area (Å²) >= 11 is 5.13. The molecular weight excluding hydrogens is 286 g/mol. The van der Waals surface area contributed by atoms with Crippen LogP contribution in [-0.4, -0.2) is 15.7 Å². The highest BCUT2D eigenvalue weighted by atomic mass is 35.5. The van der Waals surface area contributed by atoms with E-state index in [4.69, 9.17) is 17.0 Å². The van der Waals surface area contributed by atoms with Crippen LogP contribution in [0.1, 0.15) is 103 Å². The van der Waals surface area contributed by atoms with E-state index < -0.39 is 5.91 Å². The van der Waals surface area contributed by atoms with E-state index in [9.17, 15) is 4.79 Å². The van der Waals surface area contributed by atoms with E-state index >= 15 is 0 Å². The molecule has 0 bridgehead atoms. The minimum atomic E-state index is -0.407. The summed E-state index contributed by atoms with van der Waals surface area (Å²) in [5.74, 6) is -0.407. The van der Waals surface area contributed by atoms with E-state index in [0.717, 1.165) is 12.8 Å². The van der Waals surface area contributed by atoms with Gasteiger partial charge in [-0.15, -0.1) is 4.58 Å². The second-order valence-corrected chi connectivity index (χ2v) is 6.32. The number of hydroxylamine groups is 1. The van der Waals surface area contributed by atoms with Gasteiger partial charge >= 0.3 is 0 Å². The number of carbonyl (C=O) groups excluding carboxylic acids is 1. The molecule has 0 spiro atoms. The minimum absolute atomic E-state index is 0.169. The van der Waals surface area contributed by atoms with Crippen molar-refractivity contribution in [1.82, 2.24) is 4.58 Å². The summed E-state index contributed by atoms with van der Waals surface area (Å²) in [7, 11) is 0. The van der Waals surface area contributed by atoms with Crippen LogP contribution in [0.15, 0.2) is 0 Å². The molecule has 0 aliphatic carbocycles. The first kappa shape index (κ1) is 20.7. The molecule has 0 fully saturated rings. The zero-order valence-corrected chi connectivity index (χ0v) is 14.5. The van der Waals surface area contributed by atoms with E-state index in [1.165, 1.54) is 77.0 Å². The predicted molar refractivity (Wildman–Crippen MR) is 89.4 cm³/mol. The van der Waals surface area contributed by atoms with Crippen LogP contribution in [0.5, 0.6) is 0 Å². The Kier molecular flexibility index (Phi) is 15.9. The van der Waals surface area contributed by atoms with E-state index in [1.807, 2.05) is 0 Å². The highest BCUT2D eigenvalue weighted by Gasteiger charge is 2.06. The van der Waals surface area contributed by atoms with Crippen molar-refractivity contribution in [3.63, 3.8) is 0 Å². The lowest BCUT2D eigenvalue weighted by Crippen LogP contribution is -2.16. The second kappa shape index (κ2) is 16.1. The lowest BCUT2D eigenvalue weighted by Gasteiger charge is -2.05. The number of nitrogens with zero attached hydrogens (tertiary/aromatic N) is 1. The number of rotatable bonds is 15. The first-order chi connectivity index (χ1) is 10.2. The summed E-state index contributed by atoms with van der Waals surface area (Å²) in [6.45, 7) is 2.26. The summed E-state index contributed by atoms with van der Waals surface area (Å²) < 4.78 is 0.169. The van der Waals surface area contributed by atoms with Crippen LogP contribution in [0.2, 0.25) is 0 Å². The van der Waals surface area contributed by atoms with Gasteiger partial charge in [0.05, 0.1) is 0 Å². The van der Waals surface area contributed by atoms with Gasteiger partial charge in [0, 0.05) is 18.2 Å². The maximum atomic E-state index is 11.0. The molecule has 1 N–H and O–H groups in total. The molecule has 0 saturated carbocycles. The van der Waals surface area contributed by atoms with Gasteiger partial charge < -0.3 is 0 Å². The molecule has 0 rings (SSSR count). The molecule has 0 aliphatic heterocycles. The molecule has 126 valence electrons. The molecule has 0 radical (unpaired) electrons. The van der Waals surface area contributed by atoms with Crippen molar-refractivity contribution in [2.75, 3.05) is 0 Å². The molecule has 0 heterocycles. The van der Waals surface area contributed by atoms with Crippen LogP contribution >= 0.6 is 11.8 Å². The Morgan fingerprint density at radius 1 is 0.762 bits per heavy atom. The Hall–Kier alpha value is -0.280. The van der Waals surface area contributed by atoms with Crippen LogP contribution in [0, 0.1) is 0 Å². The van der Waals surface area contributed by atoms with Gasteiger partial charge in [0.25, 0.3) is 5.91 Å². The third-order valence-corrected chi connectivity index (χ3v) is 4.14. The molecule has 0 aromatic heterocycles. The fourth-order valence-corrected chi connectivity index (χ4v) is 2.65. The molecule has 0 aliphatic rings. The summed E-state index contributed by atoms with van der Waals surface area (Å²) in [4.78, 5) is 11.0. The average molecular weight is 320 g/mol. The van der Waals surface area contributed by atoms with Gasteiger partial charge in [-0.2, -0.15) is 0 Å². The number of hydrogen-bond acceptors (Lipinski definition) is 2. The Bertz CT molecular complexity index is 235. The molecule has 0 unspecified atom stereocenters. The Morgan fingerprint density at radius 2 is 1.10 bits per heavy atom.